The third-order valence-corrected chi connectivity index (χ3v) is 4.60. The Morgan fingerprint density at radius 1 is 1.05 bits per heavy atom. The highest BCUT2D eigenvalue weighted by atomic mass is 15.2. The Hall–Kier alpha value is -1.09. The molecule has 3 heteroatoms. The largest absolute Gasteiger partial charge is 0.356 e. The van der Waals surface area contributed by atoms with Gasteiger partial charge in [0.2, 0.25) is 0 Å². The molecule has 1 atom stereocenters. The van der Waals surface area contributed by atoms with Crippen molar-refractivity contribution in [1.82, 2.24) is 9.88 Å². The summed E-state index contributed by atoms with van der Waals surface area (Å²) in [7, 11) is 2.26. The molecule has 2 saturated heterocycles. The van der Waals surface area contributed by atoms with E-state index in [1.165, 1.54) is 69.5 Å². The number of likely N-dealkylation sites (tertiary alicyclic amines) is 1. The average Bonchev–Trinajstić information content (AvgIpc) is 2.49. The maximum atomic E-state index is 4.71. The van der Waals surface area contributed by atoms with Crippen molar-refractivity contribution in [3.05, 3.63) is 23.9 Å². The lowest BCUT2D eigenvalue weighted by Crippen LogP contribution is -2.34. The maximum absolute atomic E-state index is 4.71. The summed E-state index contributed by atoms with van der Waals surface area (Å²) < 4.78 is 0. The van der Waals surface area contributed by atoms with Gasteiger partial charge in [-0.05, 0) is 51.8 Å². The van der Waals surface area contributed by atoms with E-state index in [9.17, 15) is 0 Å². The third kappa shape index (κ3) is 2.76. The maximum Gasteiger partial charge on any atom is 0.133 e. The van der Waals surface area contributed by atoms with E-state index in [0.717, 1.165) is 0 Å². The molecule has 0 aromatic carbocycles. The minimum absolute atomic E-state index is 0.569. The van der Waals surface area contributed by atoms with Crippen LogP contribution in [0.25, 0.3) is 0 Å². The van der Waals surface area contributed by atoms with E-state index in [4.69, 9.17) is 4.98 Å². The van der Waals surface area contributed by atoms with Crippen molar-refractivity contribution >= 4 is 5.82 Å². The molecule has 0 unspecified atom stereocenters. The van der Waals surface area contributed by atoms with Gasteiger partial charge >= 0.3 is 0 Å². The fourth-order valence-electron chi connectivity index (χ4n) is 3.51. The van der Waals surface area contributed by atoms with Crippen LogP contribution >= 0.6 is 0 Å². The summed E-state index contributed by atoms with van der Waals surface area (Å²) >= 11 is 0. The Labute approximate surface area is 116 Å². The summed E-state index contributed by atoms with van der Waals surface area (Å²) in [6.45, 7) is 3.58. The molecule has 0 aliphatic carbocycles. The molecule has 3 rings (SSSR count). The molecule has 1 aromatic heterocycles. The second-order valence-electron chi connectivity index (χ2n) is 5.96. The van der Waals surface area contributed by atoms with Crippen LogP contribution in [-0.2, 0) is 0 Å². The standard InChI is InChI=1S/C16H25N3/c1-18-11-6-3-9-15(18)14-8-7-10-17-16(14)19-12-4-2-5-13-19/h7-8,10,15H,2-6,9,11-13H2,1H3/t15-/m1/s1. The Morgan fingerprint density at radius 2 is 1.84 bits per heavy atom. The van der Waals surface area contributed by atoms with Gasteiger partial charge in [0.25, 0.3) is 0 Å². The number of piperidine rings is 2. The number of hydrogen-bond donors (Lipinski definition) is 0. The van der Waals surface area contributed by atoms with E-state index in [0.29, 0.717) is 6.04 Å². The lowest BCUT2D eigenvalue weighted by Gasteiger charge is -2.36. The predicted molar refractivity (Wildman–Crippen MR) is 79.5 cm³/mol. The van der Waals surface area contributed by atoms with Crippen LogP contribution in [0.2, 0.25) is 0 Å². The van der Waals surface area contributed by atoms with Gasteiger partial charge in [0.15, 0.2) is 0 Å². The van der Waals surface area contributed by atoms with E-state index >= 15 is 0 Å². The number of anilines is 1. The number of aromatic nitrogens is 1. The molecule has 0 N–H and O–H groups in total. The first-order chi connectivity index (χ1) is 9.36. The summed E-state index contributed by atoms with van der Waals surface area (Å²) in [5.74, 6) is 1.25. The van der Waals surface area contributed by atoms with Gasteiger partial charge in [-0.2, -0.15) is 0 Å². The molecule has 2 aliphatic rings. The van der Waals surface area contributed by atoms with Crippen molar-refractivity contribution in [3.8, 4) is 0 Å². The SMILES string of the molecule is CN1CCCC[C@@H]1c1cccnc1N1CCCCC1. The van der Waals surface area contributed by atoms with Gasteiger partial charge in [-0.25, -0.2) is 4.98 Å². The van der Waals surface area contributed by atoms with Gasteiger partial charge < -0.3 is 4.90 Å². The monoisotopic (exact) mass is 259 g/mol. The van der Waals surface area contributed by atoms with E-state index < -0.39 is 0 Å². The lowest BCUT2D eigenvalue weighted by molar-refractivity contribution is 0.187. The summed E-state index contributed by atoms with van der Waals surface area (Å²) in [5, 5.41) is 0. The molecular formula is C16H25N3. The zero-order chi connectivity index (χ0) is 13.1. The Balaban J connectivity index is 1.87. The molecule has 0 bridgehead atoms. The Morgan fingerprint density at radius 3 is 2.63 bits per heavy atom. The van der Waals surface area contributed by atoms with Crippen molar-refractivity contribution in [1.29, 1.82) is 0 Å². The number of pyridine rings is 1. The smallest absolute Gasteiger partial charge is 0.133 e. The highest BCUT2D eigenvalue weighted by Gasteiger charge is 2.25. The molecule has 2 aliphatic heterocycles. The van der Waals surface area contributed by atoms with Crippen molar-refractivity contribution in [3.63, 3.8) is 0 Å². The van der Waals surface area contributed by atoms with Crippen LogP contribution < -0.4 is 4.90 Å². The third-order valence-electron chi connectivity index (χ3n) is 4.60. The highest BCUT2D eigenvalue weighted by Crippen LogP contribution is 2.35. The lowest BCUT2D eigenvalue weighted by atomic mass is 9.95. The fourth-order valence-corrected chi connectivity index (χ4v) is 3.51. The molecule has 104 valence electrons. The molecule has 0 saturated carbocycles. The molecule has 19 heavy (non-hydrogen) atoms. The van der Waals surface area contributed by atoms with Crippen LogP contribution in [0.1, 0.15) is 50.1 Å². The van der Waals surface area contributed by atoms with Gasteiger partial charge in [0, 0.05) is 30.9 Å². The predicted octanol–water partition coefficient (Wildman–Crippen LogP) is 3.23. The topological polar surface area (TPSA) is 19.4 Å². The normalized spacial score (nSPS) is 25.5. The van der Waals surface area contributed by atoms with Crippen LogP contribution in [0, 0.1) is 0 Å². The fraction of sp³-hybridized carbons (Fsp3) is 0.688. The minimum atomic E-state index is 0.569. The first-order valence-electron chi connectivity index (χ1n) is 7.76. The summed E-state index contributed by atoms with van der Waals surface area (Å²) in [4.78, 5) is 9.72. The average molecular weight is 259 g/mol. The Kier molecular flexibility index (Phi) is 4.02. The summed E-state index contributed by atoms with van der Waals surface area (Å²) in [6, 6.07) is 4.97. The van der Waals surface area contributed by atoms with E-state index in [-0.39, 0.29) is 0 Å². The number of nitrogens with zero attached hydrogens (tertiary/aromatic N) is 3. The summed E-state index contributed by atoms with van der Waals surface area (Å²) in [6.07, 6.45) is 9.93. The number of hydrogen-bond acceptors (Lipinski definition) is 3. The molecule has 2 fully saturated rings. The van der Waals surface area contributed by atoms with E-state index in [1.54, 1.807) is 0 Å². The van der Waals surface area contributed by atoms with Crippen molar-refractivity contribution in [2.45, 2.75) is 44.6 Å². The summed E-state index contributed by atoms with van der Waals surface area (Å²) in [5.41, 5.74) is 1.45. The molecule has 0 radical (unpaired) electrons. The molecule has 1 aromatic rings. The zero-order valence-electron chi connectivity index (χ0n) is 12.0. The second kappa shape index (κ2) is 5.91. The quantitative estimate of drug-likeness (QED) is 0.813. The molecule has 3 heterocycles. The first-order valence-corrected chi connectivity index (χ1v) is 7.76. The van der Waals surface area contributed by atoms with Crippen molar-refractivity contribution in [2.75, 3.05) is 31.6 Å². The van der Waals surface area contributed by atoms with E-state index in [1.807, 2.05) is 6.20 Å². The van der Waals surface area contributed by atoms with Crippen molar-refractivity contribution in [2.24, 2.45) is 0 Å². The first kappa shape index (κ1) is 12.9. The molecule has 3 nitrogen and oxygen atoms in total. The van der Waals surface area contributed by atoms with Crippen molar-refractivity contribution < 1.29 is 0 Å². The molecular weight excluding hydrogens is 234 g/mol. The highest BCUT2D eigenvalue weighted by molar-refractivity contribution is 5.48. The molecule has 0 amide bonds. The van der Waals surface area contributed by atoms with Crippen LogP contribution in [-0.4, -0.2) is 36.6 Å². The minimum Gasteiger partial charge on any atom is -0.356 e. The van der Waals surface area contributed by atoms with Crippen LogP contribution in [0.15, 0.2) is 18.3 Å². The van der Waals surface area contributed by atoms with Gasteiger partial charge in [-0.3, -0.25) is 4.90 Å². The van der Waals surface area contributed by atoms with Gasteiger partial charge in [-0.15, -0.1) is 0 Å². The van der Waals surface area contributed by atoms with Crippen LogP contribution in [0.3, 0.4) is 0 Å². The second-order valence-corrected chi connectivity index (χ2v) is 5.96. The van der Waals surface area contributed by atoms with Gasteiger partial charge in [-0.1, -0.05) is 12.5 Å². The van der Waals surface area contributed by atoms with Gasteiger partial charge in [0.1, 0.15) is 5.82 Å². The molecule has 0 spiro atoms. The Bertz CT molecular complexity index is 412. The van der Waals surface area contributed by atoms with Crippen LogP contribution in [0.4, 0.5) is 5.82 Å². The van der Waals surface area contributed by atoms with Crippen LogP contribution in [0.5, 0.6) is 0 Å². The zero-order valence-corrected chi connectivity index (χ0v) is 12.0. The number of rotatable bonds is 2. The van der Waals surface area contributed by atoms with E-state index in [2.05, 4.69) is 29.0 Å². The van der Waals surface area contributed by atoms with Gasteiger partial charge in [0.05, 0.1) is 0 Å².